The van der Waals surface area contributed by atoms with Gasteiger partial charge in [0.05, 0.1) is 11.5 Å². The number of hydrogen-bond donors (Lipinski definition) is 1. The lowest BCUT2D eigenvalue weighted by atomic mass is 9.96. The number of aliphatic carboxylic acids is 1. The van der Waals surface area contributed by atoms with E-state index in [4.69, 9.17) is 5.11 Å². The first-order valence-electron chi connectivity index (χ1n) is 7.86. The van der Waals surface area contributed by atoms with Gasteiger partial charge >= 0.3 is 5.97 Å². The van der Waals surface area contributed by atoms with Gasteiger partial charge in [-0.1, -0.05) is 23.8 Å². The van der Waals surface area contributed by atoms with Crippen molar-refractivity contribution in [2.24, 2.45) is 5.92 Å². The second-order valence-electron chi connectivity index (χ2n) is 5.99. The van der Waals surface area contributed by atoms with Crippen LogP contribution in [0.2, 0.25) is 0 Å². The molecule has 0 atom stereocenters. The maximum Gasteiger partial charge on any atom is 0.306 e. The highest BCUT2D eigenvalue weighted by Gasteiger charge is 2.28. The number of nitrogens with zero attached hydrogens (tertiary/aromatic N) is 1. The molecule has 1 aromatic carbocycles. The van der Waals surface area contributed by atoms with Crippen molar-refractivity contribution in [3.8, 4) is 0 Å². The Labute approximate surface area is 141 Å². The summed E-state index contributed by atoms with van der Waals surface area (Å²) in [5.74, 6) is -0.224. The average Bonchev–Trinajstić information content (AvgIpc) is 2.54. The van der Waals surface area contributed by atoms with Gasteiger partial charge in [-0.05, 0) is 38.8 Å². The van der Waals surface area contributed by atoms with E-state index in [0.29, 0.717) is 31.5 Å². The Hall–Kier alpha value is -1.75. The number of carboxylic acids is 1. The highest BCUT2D eigenvalue weighted by atomic mass is 32.2. The van der Waals surface area contributed by atoms with Crippen molar-refractivity contribution in [1.29, 1.82) is 0 Å². The number of likely N-dealkylation sites (tertiary alicyclic amines) is 1. The van der Waals surface area contributed by atoms with Crippen LogP contribution in [0.15, 0.2) is 40.8 Å². The molecule has 1 aliphatic heterocycles. The van der Waals surface area contributed by atoms with Crippen LogP contribution in [0.3, 0.4) is 0 Å². The molecule has 1 heterocycles. The lowest BCUT2D eigenvalue weighted by molar-refractivity contribution is -0.143. The first-order valence-corrected chi connectivity index (χ1v) is 8.85. The zero-order valence-corrected chi connectivity index (χ0v) is 14.4. The number of allylic oxidation sites excluding steroid dienone is 1. The molecule has 1 N–H and O–H groups in total. The summed E-state index contributed by atoms with van der Waals surface area (Å²) in [6, 6.07) is 7.65. The second-order valence-corrected chi connectivity index (χ2v) is 7.06. The maximum absolute atomic E-state index is 12.7. The molecule has 0 saturated carbocycles. The van der Waals surface area contributed by atoms with E-state index in [2.05, 4.69) is 19.9 Å². The van der Waals surface area contributed by atoms with Crippen molar-refractivity contribution in [3.63, 3.8) is 0 Å². The lowest BCUT2D eigenvalue weighted by Gasteiger charge is -2.30. The minimum absolute atomic E-state index is 0.00846. The summed E-state index contributed by atoms with van der Waals surface area (Å²) in [6.07, 6.45) is 3.21. The van der Waals surface area contributed by atoms with E-state index in [1.807, 2.05) is 24.3 Å². The molecule has 0 aromatic heterocycles. The highest BCUT2D eigenvalue weighted by molar-refractivity contribution is 7.99. The van der Waals surface area contributed by atoms with Crippen LogP contribution in [-0.4, -0.2) is 40.7 Å². The predicted octanol–water partition coefficient (Wildman–Crippen LogP) is 3.68. The fourth-order valence-corrected chi connectivity index (χ4v) is 3.65. The minimum Gasteiger partial charge on any atom is -0.481 e. The SMILES string of the molecule is CC(C)=CCSc1ccccc1C(=O)N1CCC(C(=O)O)CC1. The zero-order valence-electron chi connectivity index (χ0n) is 13.6. The van der Waals surface area contributed by atoms with Crippen molar-refractivity contribution in [1.82, 2.24) is 4.90 Å². The molecule has 1 aliphatic rings. The molecule has 2 rings (SSSR count). The van der Waals surface area contributed by atoms with E-state index in [9.17, 15) is 9.59 Å². The van der Waals surface area contributed by atoms with Gasteiger partial charge in [-0.25, -0.2) is 0 Å². The van der Waals surface area contributed by atoms with Crippen LogP contribution < -0.4 is 0 Å². The molecular weight excluding hydrogens is 310 g/mol. The van der Waals surface area contributed by atoms with Crippen LogP contribution in [0, 0.1) is 5.92 Å². The average molecular weight is 333 g/mol. The molecule has 124 valence electrons. The summed E-state index contributed by atoms with van der Waals surface area (Å²) < 4.78 is 0. The van der Waals surface area contributed by atoms with E-state index in [-0.39, 0.29) is 11.8 Å². The van der Waals surface area contributed by atoms with Crippen molar-refractivity contribution >= 4 is 23.6 Å². The summed E-state index contributed by atoms with van der Waals surface area (Å²) in [4.78, 5) is 26.5. The highest BCUT2D eigenvalue weighted by Crippen LogP contribution is 2.26. The first kappa shape index (κ1) is 17.6. The number of hydrogen-bond acceptors (Lipinski definition) is 3. The van der Waals surface area contributed by atoms with Gasteiger partial charge in [-0.15, -0.1) is 11.8 Å². The Morgan fingerprint density at radius 1 is 1.26 bits per heavy atom. The molecule has 0 unspecified atom stereocenters. The standard InChI is InChI=1S/C18H23NO3S/c1-13(2)9-12-23-16-6-4-3-5-15(16)17(20)19-10-7-14(8-11-19)18(21)22/h3-6,9,14H,7-8,10-12H2,1-2H3,(H,21,22). The quantitative estimate of drug-likeness (QED) is 0.659. The lowest BCUT2D eigenvalue weighted by Crippen LogP contribution is -2.40. The third-order valence-corrected chi connectivity index (χ3v) is 4.98. The van der Waals surface area contributed by atoms with Gasteiger partial charge in [-0.2, -0.15) is 0 Å². The van der Waals surface area contributed by atoms with Crippen molar-refractivity contribution < 1.29 is 14.7 Å². The van der Waals surface area contributed by atoms with Gasteiger partial charge in [0.2, 0.25) is 0 Å². The molecule has 0 aliphatic carbocycles. The summed E-state index contributed by atoms with van der Waals surface area (Å²) in [6.45, 7) is 5.15. The Morgan fingerprint density at radius 2 is 1.91 bits per heavy atom. The summed E-state index contributed by atoms with van der Waals surface area (Å²) in [5, 5.41) is 9.05. The Kier molecular flexibility index (Phi) is 6.28. The monoisotopic (exact) mass is 333 g/mol. The van der Waals surface area contributed by atoms with Crippen LogP contribution in [0.4, 0.5) is 0 Å². The molecule has 0 bridgehead atoms. The third kappa shape index (κ3) is 4.86. The summed E-state index contributed by atoms with van der Waals surface area (Å²) in [5.41, 5.74) is 1.98. The smallest absolute Gasteiger partial charge is 0.306 e. The first-order chi connectivity index (χ1) is 11.0. The zero-order chi connectivity index (χ0) is 16.8. The third-order valence-electron chi connectivity index (χ3n) is 3.98. The van der Waals surface area contributed by atoms with E-state index in [0.717, 1.165) is 10.6 Å². The summed E-state index contributed by atoms with van der Waals surface area (Å²) >= 11 is 1.66. The van der Waals surface area contributed by atoms with Crippen LogP contribution in [0.5, 0.6) is 0 Å². The Balaban J connectivity index is 2.05. The molecule has 1 aromatic rings. The van der Waals surface area contributed by atoms with Crippen LogP contribution in [0.25, 0.3) is 0 Å². The van der Waals surface area contributed by atoms with Crippen LogP contribution >= 0.6 is 11.8 Å². The topological polar surface area (TPSA) is 57.6 Å². The fraction of sp³-hybridized carbons (Fsp3) is 0.444. The van der Waals surface area contributed by atoms with Gasteiger partial charge in [0.25, 0.3) is 5.91 Å². The predicted molar refractivity (Wildman–Crippen MR) is 92.9 cm³/mol. The molecule has 4 nitrogen and oxygen atoms in total. The van der Waals surface area contributed by atoms with Crippen molar-refractivity contribution in [3.05, 3.63) is 41.5 Å². The maximum atomic E-state index is 12.7. The van der Waals surface area contributed by atoms with Gasteiger partial charge in [0, 0.05) is 23.7 Å². The Bertz CT molecular complexity index is 600. The van der Waals surface area contributed by atoms with Gasteiger partial charge in [-0.3, -0.25) is 9.59 Å². The van der Waals surface area contributed by atoms with Crippen molar-refractivity contribution in [2.75, 3.05) is 18.8 Å². The molecule has 0 spiro atoms. The fourth-order valence-electron chi connectivity index (χ4n) is 2.57. The van der Waals surface area contributed by atoms with E-state index in [1.54, 1.807) is 16.7 Å². The molecule has 23 heavy (non-hydrogen) atoms. The van der Waals surface area contributed by atoms with Crippen LogP contribution in [-0.2, 0) is 4.79 Å². The minimum atomic E-state index is -0.755. The Morgan fingerprint density at radius 3 is 2.52 bits per heavy atom. The number of rotatable bonds is 5. The normalized spacial score (nSPS) is 15.3. The number of piperidine rings is 1. The summed E-state index contributed by atoms with van der Waals surface area (Å²) in [7, 11) is 0. The van der Waals surface area contributed by atoms with E-state index in [1.165, 1.54) is 5.57 Å². The second kappa shape index (κ2) is 8.20. The van der Waals surface area contributed by atoms with E-state index < -0.39 is 5.97 Å². The van der Waals surface area contributed by atoms with Gasteiger partial charge < -0.3 is 10.0 Å². The number of carbonyl (C=O) groups excluding carboxylic acids is 1. The van der Waals surface area contributed by atoms with Gasteiger partial charge in [0.15, 0.2) is 0 Å². The molecule has 1 saturated heterocycles. The van der Waals surface area contributed by atoms with Crippen molar-refractivity contribution in [2.45, 2.75) is 31.6 Å². The molecule has 1 fully saturated rings. The van der Waals surface area contributed by atoms with Gasteiger partial charge in [0.1, 0.15) is 0 Å². The number of carbonyl (C=O) groups is 2. The number of carboxylic acid groups (broad SMARTS) is 1. The largest absolute Gasteiger partial charge is 0.481 e. The molecule has 1 amide bonds. The van der Waals surface area contributed by atoms with Crippen LogP contribution in [0.1, 0.15) is 37.0 Å². The number of amides is 1. The number of thioether (sulfide) groups is 1. The molecular formula is C18H23NO3S. The number of benzene rings is 1. The van der Waals surface area contributed by atoms with E-state index >= 15 is 0 Å². The molecule has 5 heteroatoms. The molecule has 0 radical (unpaired) electrons.